The molecule has 0 spiro atoms. The highest BCUT2D eigenvalue weighted by Crippen LogP contribution is 2.31. The molecule has 1 fully saturated rings. The van der Waals surface area contributed by atoms with Crippen molar-refractivity contribution in [2.45, 2.75) is 33.2 Å². The van der Waals surface area contributed by atoms with Gasteiger partial charge in [-0.05, 0) is 49.9 Å². The number of aryl methyl sites for hydroxylation is 1. The molecule has 2 aromatic rings. The van der Waals surface area contributed by atoms with Gasteiger partial charge in [0.05, 0.1) is 5.41 Å². The van der Waals surface area contributed by atoms with E-state index in [0.29, 0.717) is 25.9 Å². The Morgan fingerprint density at radius 1 is 1.11 bits per heavy atom. The predicted molar refractivity (Wildman–Crippen MR) is 103 cm³/mol. The molecule has 1 atom stereocenters. The minimum atomic E-state index is -0.888. The first-order chi connectivity index (χ1) is 13.3. The zero-order valence-corrected chi connectivity index (χ0v) is 16.1. The summed E-state index contributed by atoms with van der Waals surface area (Å²) in [7, 11) is 0. The monoisotopic (exact) mass is 386 g/mol. The van der Waals surface area contributed by atoms with Crippen molar-refractivity contribution in [2.24, 2.45) is 5.41 Å². The van der Waals surface area contributed by atoms with Gasteiger partial charge in [-0.2, -0.15) is 0 Å². The fraction of sp³-hybridized carbons (Fsp3) is 0.364. The summed E-state index contributed by atoms with van der Waals surface area (Å²) >= 11 is 0. The second kappa shape index (κ2) is 8.09. The molecule has 2 amide bonds. The van der Waals surface area contributed by atoms with Gasteiger partial charge < -0.3 is 10.2 Å². The largest absolute Gasteiger partial charge is 0.351 e. The molecule has 1 N–H and O–H groups in total. The van der Waals surface area contributed by atoms with Gasteiger partial charge in [-0.3, -0.25) is 9.59 Å². The normalized spacial score (nSPS) is 19.4. The van der Waals surface area contributed by atoms with Gasteiger partial charge in [0.2, 0.25) is 5.91 Å². The Hall–Kier alpha value is -2.76. The number of nitrogens with one attached hydrogen (secondary N) is 1. The molecular weight excluding hydrogens is 362 g/mol. The van der Waals surface area contributed by atoms with Gasteiger partial charge >= 0.3 is 0 Å². The molecule has 0 saturated carbocycles. The van der Waals surface area contributed by atoms with E-state index in [4.69, 9.17) is 0 Å². The molecule has 1 heterocycles. The van der Waals surface area contributed by atoms with E-state index in [2.05, 4.69) is 5.32 Å². The van der Waals surface area contributed by atoms with Gasteiger partial charge in [0.25, 0.3) is 5.91 Å². The number of rotatable bonds is 4. The minimum absolute atomic E-state index is 0.124. The van der Waals surface area contributed by atoms with Gasteiger partial charge in [0, 0.05) is 19.6 Å². The first kappa shape index (κ1) is 20.0. The summed E-state index contributed by atoms with van der Waals surface area (Å²) in [5.74, 6) is -2.65. The summed E-state index contributed by atoms with van der Waals surface area (Å²) in [5.41, 5.74) is 0.741. The Kier molecular flexibility index (Phi) is 5.77. The van der Waals surface area contributed by atoms with Crippen LogP contribution in [0, 0.1) is 24.0 Å². The van der Waals surface area contributed by atoms with Crippen molar-refractivity contribution in [2.75, 3.05) is 13.1 Å². The van der Waals surface area contributed by atoms with E-state index in [-0.39, 0.29) is 12.5 Å². The molecule has 0 bridgehead atoms. The second-order valence-electron chi connectivity index (χ2n) is 7.60. The molecule has 1 aliphatic rings. The van der Waals surface area contributed by atoms with Gasteiger partial charge in [-0.25, -0.2) is 8.78 Å². The van der Waals surface area contributed by atoms with Crippen molar-refractivity contribution in [1.29, 1.82) is 0 Å². The zero-order valence-electron chi connectivity index (χ0n) is 16.1. The van der Waals surface area contributed by atoms with E-state index in [0.717, 1.165) is 23.3 Å². The van der Waals surface area contributed by atoms with Crippen LogP contribution in [0.1, 0.15) is 41.3 Å². The van der Waals surface area contributed by atoms with Crippen molar-refractivity contribution in [3.05, 3.63) is 70.8 Å². The first-order valence-corrected chi connectivity index (χ1v) is 9.38. The lowest BCUT2D eigenvalue weighted by Gasteiger charge is -2.39. The van der Waals surface area contributed by atoms with Gasteiger partial charge in [-0.1, -0.05) is 30.3 Å². The molecule has 0 aromatic heterocycles. The summed E-state index contributed by atoms with van der Waals surface area (Å²) in [6.07, 6.45) is 1.20. The van der Waals surface area contributed by atoms with Crippen molar-refractivity contribution < 1.29 is 18.4 Å². The smallest absolute Gasteiger partial charge is 0.259 e. The standard InChI is InChI=1S/C22H24F2N2O2/c1-15-7-3-4-8-16(15)13-25-21(28)22(2)11-6-12-26(14-22)20(27)19-17(23)9-5-10-18(19)24/h3-5,7-10H,6,11-14H2,1-2H3,(H,25,28)/t22-/m0/s1. The molecule has 0 radical (unpaired) electrons. The van der Waals surface area contributed by atoms with E-state index in [9.17, 15) is 18.4 Å². The molecule has 2 aromatic carbocycles. The molecular formula is C22H24F2N2O2. The van der Waals surface area contributed by atoms with E-state index in [1.54, 1.807) is 6.92 Å². The fourth-order valence-corrected chi connectivity index (χ4v) is 3.66. The Morgan fingerprint density at radius 3 is 2.46 bits per heavy atom. The van der Waals surface area contributed by atoms with Crippen LogP contribution >= 0.6 is 0 Å². The third kappa shape index (κ3) is 4.06. The number of nitrogens with zero attached hydrogens (tertiary/aromatic N) is 1. The lowest BCUT2D eigenvalue weighted by atomic mass is 9.80. The van der Waals surface area contributed by atoms with Gasteiger partial charge in [0.1, 0.15) is 17.2 Å². The third-order valence-electron chi connectivity index (χ3n) is 5.41. The molecule has 148 valence electrons. The molecule has 3 rings (SSSR count). The van der Waals surface area contributed by atoms with E-state index in [1.807, 2.05) is 31.2 Å². The van der Waals surface area contributed by atoms with Crippen LogP contribution in [-0.4, -0.2) is 29.8 Å². The fourth-order valence-electron chi connectivity index (χ4n) is 3.66. The van der Waals surface area contributed by atoms with Crippen LogP contribution in [0.15, 0.2) is 42.5 Å². The lowest BCUT2D eigenvalue weighted by Crippen LogP contribution is -2.52. The zero-order chi connectivity index (χ0) is 20.3. The predicted octanol–water partition coefficient (Wildman–Crippen LogP) is 3.83. The summed E-state index contributed by atoms with van der Waals surface area (Å²) in [5, 5.41) is 2.95. The SMILES string of the molecule is Cc1ccccc1CNC(=O)[C@@]1(C)CCCN(C(=O)c2c(F)cccc2F)C1. The third-order valence-corrected chi connectivity index (χ3v) is 5.41. The highest BCUT2D eigenvalue weighted by molar-refractivity contribution is 5.95. The number of hydrogen-bond donors (Lipinski definition) is 1. The molecule has 4 nitrogen and oxygen atoms in total. The van der Waals surface area contributed by atoms with Crippen LogP contribution in [0.4, 0.5) is 8.78 Å². The minimum Gasteiger partial charge on any atom is -0.351 e. The number of likely N-dealkylation sites (tertiary alicyclic amines) is 1. The molecule has 6 heteroatoms. The van der Waals surface area contributed by atoms with Crippen LogP contribution in [0.2, 0.25) is 0 Å². The van der Waals surface area contributed by atoms with Crippen molar-refractivity contribution >= 4 is 11.8 Å². The summed E-state index contributed by atoms with van der Waals surface area (Å²) < 4.78 is 28.0. The average Bonchev–Trinajstić information content (AvgIpc) is 2.67. The van der Waals surface area contributed by atoms with Crippen LogP contribution in [0.25, 0.3) is 0 Å². The summed E-state index contributed by atoms with van der Waals surface area (Å²) in [4.78, 5) is 26.9. The maximum atomic E-state index is 14.0. The maximum absolute atomic E-state index is 14.0. The van der Waals surface area contributed by atoms with Gasteiger partial charge in [0.15, 0.2) is 0 Å². The van der Waals surface area contributed by atoms with E-state index >= 15 is 0 Å². The lowest BCUT2D eigenvalue weighted by molar-refractivity contribution is -0.132. The molecule has 1 saturated heterocycles. The van der Waals surface area contributed by atoms with E-state index < -0.39 is 28.5 Å². The number of piperidine rings is 1. The van der Waals surface area contributed by atoms with Crippen molar-refractivity contribution in [3.8, 4) is 0 Å². The van der Waals surface area contributed by atoms with Crippen molar-refractivity contribution in [1.82, 2.24) is 10.2 Å². The number of carbonyl (C=O) groups is 2. The number of hydrogen-bond acceptors (Lipinski definition) is 2. The Morgan fingerprint density at radius 2 is 1.79 bits per heavy atom. The molecule has 0 unspecified atom stereocenters. The number of benzene rings is 2. The number of halogens is 2. The maximum Gasteiger partial charge on any atom is 0.259 e. The van der Waals surface area contributed by atoms with Gasteiger partial charge in [-0.15, -0.1) is 0 Å². The summed E-state index contributed by atoms with van der Waals surface area (Å²) in [6.45, 7) is 4.66. The van der Waals surface area contributed by atoms with Crippen molar-refractivity contribution in [3.63, 3.8) is 0 Å². The average molecular weight is 386 g/mol. The quantitative estimate of drug-likeness (QED) is 0.868. The topological polar surface area (TPSA) is 49.4 Å². The molecule has 0 aliphatic carbocycles. The Labute approximate surface area is 163 Å². The van der Waals surface area contributed by atoms with E-state index in [1.165, 1.54) is 11.0 Å². The van der Waals surface area contributed by atoms with Crippen LogP contribution < -0.4 is 5.32 Å². The number of amides is 2. The van der Waals surface area contributed by atoms with Crippen LogP contribution in [-0.2, 0) is 11.3 Å². The first-order valence-electron chi connectivity index (χ1n) is 9.38. The highest BCUT2D eigenvalue weighted by Gasteiger charge is 2.40. The second-order valence-corrected chi connectivity index (χ2v) is 7.60. The highest BCUT2D eigenvalue weighted by atomic mass is 19.1. The van der Waals surface area contributed by atoms with Crippen LogP contribution in [0.3, 0.4) is 0 Å². The Bertz CT molecular complexity index is 880. The number of carbonyl (C=O) groups excluding carboxylic acids is 2. The molecule has 28 heavy (non-hydrogen) atoms. The summed E-state index contributed by atoms with van der Waals surface area (Å²) in [6, 6.07) is 11.1. The Balaban J connectivity index is 1.71. The molecule has 1 aliphatic heterocycles. The van der Waals surface area contributed by atoms with Crippen LogP contribution in [0.5, 0.6) is 0 Å².